The van der Waals surface area contributed by atoms with Crippen LogP contribution in [-0.2, 0) is 22.4 Å². The molecule has 0 saturated carbocycles. The van der Waals surface area contributed by atoms with E-state index in [0.717, 1.165) is 0 Å². The number of carbonyl (C=O) groups excluding carboxylic acids is 1. The summed E-state index contributed by atoms with van der Waals surface area (Å²) in [5.41, 5.74) is 1.03. The van der Waals surface area contributed by atoms with Crippen molar-refractivity contribution in [2.24, 2.45) is 0 Å². The third-order valence-corrected chi connectivity index (χ3v) is 3.73. The Kier molecular flexibility index (Phi) is 7.85. The van der Waals surface area contributed by atoms with Crippen LogP contribution < -0.4 is 0 Å². The maximum Gasteiger partial charge on any atom is 0.471 e. The largest absolute Gasteiger partial charge is 0.471 e. The van der Waals surface area contributed by atoms with Crippen molar-refractivity contribution >= 4 is 29.1 Å². The fraction of sp³-hybridized carbons (Fsp3) is 0.353. The standard InChI is InChI=1S/C17H16Cl2F3N3O3/c1-2-3-14(26)25(27-9-8-13(18)19)10-11-4-6-12(7-5-11)15-23-16(28-24-15)17(20,21)22/h4-8H,2-3,9-10H2,1H3. The summed E-state index contributed by atoms with van der Waals surface area (Å²) in [5, 5.41) is 4.51. The number of hydroxylamine groups is 2. The van der Waals surface area contributed by atoms with E-state index in [1.165, 1.54) is 23.3 Å². The molecule has 0 radical (unpaired) electrons. The molecule has 28 heavy (non-hydrogen) atoms. The van der Waals surface area contributed by atoms with E-state index in [-0.39, 0.29) is 29.4 Å². The van der Waals surface area contributed by atoms with Crippen LogP contribution in [0.25, 0.3) is 11.4 Å². The van der Waals surface area contributed by atoms with E-state index in [4.69, 9.17) is 28.0 Å². The van der Waals surface area contributed by atoms with Crippen LogP contribution in [0.4, 0.5) is 13.2 Å². The van der Waals surface area contributed by atoms with Gasteiger partial charge in [-0.1, -0.05) is 59.5 Å². The molecule has 0 unspecified atom stereocenters. The zero-order valence-electron chi connectivity index (χ0n) is 14.7. The molecule has 1 amide bonds. The van der Waals surface area contributed by atoms with E-state index in [0.29, 0.717) is 24.0 Å². The minimum Gasteiger partial charge on any atom is -0.329 e. The zero-order valence-corrected chi connectivity index (χ0v) is 16.2. The number of amides is 1. The van der Waals surface area contributed by atoms with Crippen LogP contribution in [0.5, 0.6) is 0 Å². The number of benzene rings is 1. The van der Waals surface area contributed by atoms with Gasteiger partial charge in [-0.15, -0.1) is 0 Å². The highest BCUT2D eigenvalue weighted by atomic mass is 35.5. The van der Waals surface area contributed by atoms with E-state index in [1.807, 2.05) is 6.92 Å². The highest BCUT2D eigenvalue weighted by Gasteiger charge is 2.38. The Morgan fingerprint density at radius 3 is 2.50 bits per heavy atom. The molecule has 0 atom stereocenters. The number of halogens is 5. The summed E-state index contributed by atoms with van der Waals surface area (Å²) in [4.78, 5) is 20.9. The van der Waals surface area contributed by atoms with Gasteiger partial charge in [0, 0.05) is 12.0 Å². The van der Waals surface area contributed by atoms with Crippen molar-refractivity contribution in [3.05, 3.63) is 46.3 Å². The SMILES string of the molecule is CCCC(=O)N(Cc1ccc(-c2noc(C(F)(F)F)n2)cc1)OCC=C(Cl)Cl. The first kappa shape index (κ1) is 22.2. The second-order valence-electron chi connectivity index (χ2n) is 5.59. The number of aromatic nitrogens is 2. The monoisotopic (exact) mass is 437 g/mol. The molecular formula is C17H16Cl2F3N3O3. The lowest BCUT2D eigenvalue weighted by Gasteiger charge is -2.21. The number of alkyl halides is 3. The van der Waals surface area contributed by atoms with Gasteiger partial charge in [-0.05, 0) is 18.1 Å². The second kappa shape index (κ2) is 9.90. The Morgan fingerprint density at radius 2 is 1.96 bits per heavy atom. The molecule has 0 saturated heterocycles. The van der Waals surface area contributed by atoms with Crippen molar-refractivity contribution in [2.45, 2.75) is 32.5 Å². The van der Waals surface area contributed by atoms with E-state index in [9.17, 15) is 18.0 Å². The summed E-state index contributed by atoms with van der Waals surface area (Å²) in [6, 6.07) is 6.30. The first-order valence-corrected chi connectivity index (χ1v) is 8.91. The van der Waals surface area contributed by atoms with Crippen molar-refractivity contribution in [1.29, 1.82) is 0 Å². The predicted octanol–water partition coefficient (Wildman–Crippen LogP) is 5.13. The molecule has 0 aliphatic heterocycles. The van der Waals surface area contributed by atoms with Crippen LogP contribution in [0.1, 0.15) is 31.2 Å². The average molecular weight is 438 g/mol. The van der Waals surface area contributed by atoms with Crippen molar-refractivity contribution in [2.75, 3.05) is 6.61 Å². The quantitative estimate of drug-likeness (QED) is 0.535. The topological polar surface area (TPSA) is 68.5 Å². The van der Waals surface area contributed by atoms with E-state index in [2.05, 4.69) is 14.7 Å². The summed E-state index contributed by atoms with van der Waals surface area (Å²) in [6.45, 7) is 2.01. The van der Waals surface area contributed by atoms with Crippen LogP contribution in [0.15, 0.2) is 39.4 Å². The molecule has 1 heterocycles. The Bertz CT molecular complexity index is 819. The Labute approximate surface area is 168 Å². The van der Waals surface area contributed by atoms with Gasteiger partial charge in [-0.3, -0.25) is 9.63 Å². The third kappa shape index (κ3) is 6.50. The summed E-state index contributed by atoms with van der Waals surface area (Å²) in [7, 11) is 0. The Hall–Kier alpha value is -2.10. The number of hydrogen-bond acceptors (Lipinski definition) is 5. The van der Waals surface area contributed by atoms with Crippen LogP contribution in [0, 0.1) is 0 Å². The summed E-state index contributed by atoms with van der Waals surface area (Å²) < 4.78 is 41.9. The minimum atomic E-state index is -4.71. The first-order chi connectivity index (χ1) is 13.2. The number of nitrogens with zero attached hydrogens (tertiary/aromatic N) is 3. The molecule has 2 rings (SSSR count). The molecule has 0 spiro atoms. The summed E-state index contributed by atoms with van der Waals surface area (Å²) in [5.74, 6) is -1.82. The fourth-order valence-corrected chi connectivity index (χ4v) is 2.24. The fourth-order valence-electron chi connectivity index (χ4n) is 2.12. The Balaban J connectivity index is 2.10. The minimum absolute atomic E-state index is 0.0128. The van der Waals surface area contributed by atoms with Gasteiger partial charge in [-0.25, -0.2) is 5.06 Å². The number of rotatable bonds is 8. The van der Waals surface area contributed by atoms with Crippen LogP contribution >= 0.6 is 23.2 Å². The van der Waals surface area contributed by atoms with Crippen molar-refractivity contribution < 1.29 is 27.3 Å². The van der Waals surface area contributed by atoms with Crippen molar-refractivity contribution in [3.8, 4) is 11.4 Å². The van der Waals surface area contributed by atoms with Gasteiger partial charge in [0.15, 0.2) is 0 Å². The zero-order chi connectivity index (χ0) is 20.7. The van der Waals surface area contributed by atoms with Gasteiger partial charge >= 0.3 is 12.1 Å². The summed E-state index contributed by atoms with van der Waals surface area (Å²) >= 11 is 11.0. The van der Waals surface area contributed by atoms with Crippen LogP contribution in [0.2, 0.25) is 0 Å². The van der Waals surface area contributed by atoms with Gasteiger partial charge in [0.2, 0.25) is 11.7 Å². The van der Waals surface area contributed by atoms with E-state index in [1.54, 1.807) is 12.1 Å². The van der Waals surface area contributed by atoms with Crippen LogP contribution in [0.3, 0.4) is 0 Å². The predicted molar refractivity (Wildman–Crippen MR) is 95.9 cm³/mol. The van der Waals surface area contributed by atoms with Crippen LogP contribution in [-0.4, -0.2) is 27.7 Å². The van der Waals surface area contributed by atoms with Gasteiger partial charge in [-0.2, -0.15) is 18.2 Å². The van der Waals surface area contributed by atoms with Gasteiger partial charge < -0.3 is 4.52 Å². The van der Waals surface area contributed by atoms with Gasteiger partial charge in [0.1, 0.15) is 4.49 Å². The summed E-state index contributed by atoms with van der Waals surface area (Å²) in [6.07, 6.45) is -2.38. The molecule has 0 aliphatic rings. The molecule has 6 nitrogen and oxygen atoms in total. The highest BCUT2D eigenvalue weighted by molar-refractivity contribution is 6.55. The molecule has 0 fully saturated rings. The molecule has 11 heteroatoms. The highest BCUT2D eigenvalue weighted by Crippen LogP contribution is 2.29. The lowest BCUT2D eigenvalue weighted by molar-refractivity contribution is -0.185. The first-order valence-electron chi connectivity index (χ1n) is 8.15. The third-order valence-electron chi connectivity index (χ3n) is 3.42. The molecule has 1 aromatic carbocycles. The molecule has 0 aliphatic carbocycles. The van der Waals surface area contributed by atoms with E-state index >= 15 is 0 Å². The lowest BCUT2D eigenvalue weighted by Crippen LogP contribution is -2.30. The van der Waals surface area contributed by atoms with E-state index < -0.39 is 12.1 Å². The number of hydrogen-bond donors (Lipinski definition) is 0. The number of carbonyl (C=O) groups is 1. The maximum atomic E-state index is 12.5. The lowest BCUT2D eigenvalue weighted by atomic mass is 10.1. The average Bonchev–Trinajstić information content (AvgIpc) is 3.12. The normalized spacial score (nSPS) is 11.4. The van der Waals surface area contributed by atoms with Crippen molar-refractivity contribution in [1.82, 2.24) is 15.2 Å². The molecule has 2 aromatic rings. The Morgan fingerprint density at radius 1 is 1.29 bits per heavy atom. The molecule has 152 valence electrons. The molecule has 0 bridgehead atoms. The van der Waals surface area contributed by atoms with Crippen molar-refractivity contribution in [3.63, 3.8) is 0 Å². The van der Waals surface area contributed by atoms with Gasteiger partial charge in [0.25, 0.3) is 0 Å². The maximum absolute atomic E-state index is 12.5. The molecule has 1 aromatic heterocycles. The molecule has 0 N–H and O–H groups in total. The van der Waals surface area contributed by atoms with Gasteiger partial charge in [0.05, 0.1) is 13.2 Å². The smallest absolute Gasteiger partial charge is 0.329 e. The molecular weight excluding hydrogens is 422 g/mol. The second-order valence-corrected chi connectivity index (χ2v) is 6.60.